The number of aromatic amines is 1. The van der Waals surface area contributed by atoms with Gasteiger partial charge in [-0.1, -0.05) is 30.3 Å². The van der Waals surface area contributed by atoms with Crippen molar-refractivity contribution in [2.45, 2.75) is 31.8 Å². The lowest BCUT2D eigenvalue weighted by Crippen LogP contribution is -2.41. The van der Waals surface area contributed by atoms with Crippen molar-refractivity contribution in [1.29, 1.82) is 0 Å². The van der Waals surface area contributed by atoms with Crippen LogP contribution in [-0.2, 0) is 4.79 Å². The second-order valence-corrected chi connectivity index (χ2v) is 9.13. The van der Waals surface area contributed by atoms with Crippen LogP contribution in [0.25, 0.3) is 11.0 Å². The van der Waals surface area contributed by atoms with Crippen LogP contribution in [-0.4, -0.2) is 45.7 Å². The first kappa shape index (κ1) is 20.1. The van der Waals surface area contributed by atoms with Crippen molar-refractivity contribution >= 4 is 34.5 Å². The highest BCUT2D eigenvalue weighted by Gasteiger charge is 2.29. The third-order valence-electron chi connectivity index (χ3n) is 5.95. The molecule has 31 heavy (non-hydrogen) atoms. The fourth-order valence-electron chi connectivity index (χ4n) is 4.39. The van der Waals surface area contributed by atoms with E-state index in [1.165, 1.54) is 0 Å². The molecule has 1 aromatic carbocycles. The van der Waals surface area contributed by atoms with Crippen molar-refractivity contribution in [3.8, 4) is 0 Å². The number of fused-ring (bicyclic) bond motifs is 1. The Kier molecular flexibility index (Phi) is 5.65. The fraction of sp³-hybridized carbons (Fsp3) is 0.348. The number of carbonyl (C=O) groups excluding carboxylic acids is 1. The number of anilines is 1. The molecule has 0 aliphatic carbocycles. The maximum absolute atomic E-state index is 13.3. The van der Waals surface area contributed by atoms with Crippen LogP contribution in [0.1, 0.15) is 30.0 Å². The van der Waals surface area contributed by atoms with Crippen molar-refractivity contribution < 1.29 is 4.79 Å². The molecule has 0 radical (unpaired) electrons. The molecule has 2 aliphatic rings. The molecular formula is C23H26N6OS. The van der Waals surface area contributed by atoms with Crippen LogP contribution in [0.15, 0.2) is 54.0 Å². The number of hydrogen-bond acceptors (Lipinski definition) is 6. The van der Waals surface area contributed by atoms with E-state index in [0.717, 1.165) is 59.7 Å². The molecule has 5 rings (SSSR count). The Balaban J connectivity index is 1.41. The number of H-pyrrole nitrogens is 1. The van der Waals surface area contributed by atoms with E-state index in [0.29, 0.717) is 4.91 Å². The van der Waals surface area contributed by atoms with E-state index >= 15 is 0 Å². The maximum Gasteiger partial charge on any atom is 0.259 e. The molecule has 1 saturated heterocycles. The third-order valence-corrected chi connectivity index (χ3v) is 6.94. The van der Waals surface area contributed by atoms with Gasteiger partial charge in [-0.05, 0) is 37.4 Å². The first-order valence-corrected chi connectivity index (χ1v) is 11.7. The molecule has 0 bridgehead atoms. The van der Waals surface area contributed by atoms with E-state index in [-0.39, 0.29) is 18.0 Å². The molecule has 1 fully saturated rings. The van der Waals surface area contributed by atoms with Crippen LogP contribution in [0.3, 0.4) is 0 Å². The van der Waals surface area contributed by atoms with Gasteiger partial charge in [0.25, 0.3) is 5.91 Å². The highest BCUT2D eigenvalue weighted by molar-refractivity contribution is 8.04. The van der Waals surface area contributed by atoms with E-state index in [9.17, 15) is 4.79 Å². The quantitative estimate of drug-likeness (QED) is 0.571. The summed E-state index contributed by atoms with van der Waals surface area (Å²) in [6.45, 7) is 3.83. The van der Waals surface area contributed by atoms with Crippen LogP contribution < -0.4 is 15.5 Å². The van der Waals surface area contributed by atoms with Crippen LogP contribution in [0.4, 0.5) is 5.82 Å². The highest BCUT2D eigenvalue weighted by atomic mass is 32.2. The standard InChI is InChI=1S/C23H26N6OS/c1-15-12-25-21-19(15)22(27-14-26-21)29-10-11-31-18(13-29)23(30)28-20(17-8-5-9-24-17)16-6-3-2-4-7-16/h2-4,6-7,12-14,17,20,24H,5,8-11H2,1H3,(H,28,30)(H,25,26,27)/t17-,20?/m0/s1. The number of aryl methyl sites for hydroxylation is 1. The zero-order valence-electron chi connectivity index (χ0n) is 17.5. The maximum atomic E-state index is 13.3. The molecule has 160 valence electrons. The molecule has 3 aromatic rings. The molecule has 8 heteroatoms. The third kappa shape index (κ3) is 4.05. The van der Waals surface area contributed by atoms with E-state index in [2.05, 4.69) is 42.6 Å². The summed E-state index contributed by atoms with van der Waals surface area (Å²) in [7, 11) is 0. The van der Waals surface area contributed by atoms with Crippen molar-refractivity contribution in [2.24, 2.45) is 0 Å². The molecule has 0 saturated carbocycles. The molecule has 3 N–H and O–H groups in total. The Labute approximate surface area is 185 Å². The molecule has 2 aliphatic heterocycles. The summed E-state index contributed by atoms with van der Waals surface area (Å²) in [5, 5.41) is 7.86. The smallest absolute Gasteiger partial charge is 0.259 e. The normalized spacial score (nSPS) is 20.0. The van der Waals surface area contributed by atoms with Crippen molar-refractivity contribution in [2.75, 3.05) is 23.7 Å². The lowest BCUT2D eigenvalue weighted by molar-refractivity contribution is -0.117. The summed E-state index contributed by atoms with van der Waals surface area (Å²) in [6.07, 6.45) is 7.64. The summed E-state index contributed by atoms with van der Waals surface area (Å²) in [4.78, 5) is 28.1. The van der Waals surface area contributed by atoms with E-state index < -0.39 is 0 Å². The average molecular weight is 435 g/mol. The van der Waals surface area contributed by atoms with Gasteiger partial charge >= 0.3 is 0 Å². The summed E-state index contributed by atoms with van der Waals surface area (Å²) >= 11 is 1.60. The Morgan fingerprint density at radius 2 is 2.16 bits per heavy atom. The molecule has 1 unspecified atom stereocenters. The lowest BCUT2D eigenvalue weighted by atomic mass is 9.98. The number of nitrogens with zero attached hydrogens (tertiary/aromatic N) is 3. The Bertz CT molecular complexity index is 1110. The zero-order chi connectivity index (χ0) is 21.2. The van der Waals surface area contributed by atoms with Crippen molar-refractivity contribution in [1.82, 2.24) is 25.6 Å². The molecule has 0 spiro atoms. The SMILES string of the molecule is Cc1c[nH]c2ncnc(N3C=C(C(=O)NC(c4ccccc4)[C@@H]4CCCN4)SCC3)c12. The summed E-state index contributed by atoms with van der Waals surface area (Å²) in [5.74, 6) is 1.63. The monoisotopic (exact) mass is 434 g/mol. The second-order valence-electron chi connectivity index (χ2n) is 7.99. The minimum Gasteiger partial charge on any atom is -0.346 e. The first-order chi connectivity index (χ1) is 15.2. The molecular weight excluding hydrogens is 408 g/mol. The van der Waals surface area contributed by atoms with Gasteiger partial charge in [-0.2, -0.15) is 0 Å². The van der Waals surface area contributed by atoms with Crippen LogP contribution >= 0.6 is 11.8 Å². The second kappa shape index (κ2) is 8.72. The zero-order valence-corrected chi connectivity index (χ0v) is 18.3. The van der Waals surface area contributed by atoms with Gasteiger partial charge in [0.2, 0.25) is 0 Å². The lowest BCUT2D eigenvalue weighted by Gasteiger charge is -2.29. The minimum absolute atomic E-state index is 0.0339. The predicted molar refractivity (Wildman–Crippen MR) is 125 cm³/mol. The molecule has 2 aromatic heterocycles. The highest BCUT2D eigenvalue weighted by Crippen LogP contribution is 2.31. The summed E-state index contributed by atoms with van der Waals surface area (Å²) in [5.41, 5.74) is 3.05. The van der Waals surface area contributed by atoms with Gasteiger partial charge in [0, 0.05) is 30.7 Å². The molecule has 7 nitrogen and oxygen atoms in total. The van der Waals surface area contributed by atoms with Crippen molar-refractivity contribution in [3.63, 3.8) is 0 Å². The van der Waals surface area contributed by atoms with Gasteiger partial charge in [0.05, 0.1) is 16.3 Å². The number of benzene rings is 1. The minimum atomic E-state index is -0.0502. The fourth-order valence-corrected chi connectivity index (χ4v) is 5.29. The van der Waals surface area contributed by atoms with Crippen molar-refractivity contribution in [3.05, 3.63) is 65.1 Å². The number of rotatable bonds is 5. The van der Waals surface area contributed by atoms with Gasteiger partial charge in [0.1, 0.15) is 17.8 Å². The molecule has 4 heterocycles. The summed E-state index contributed by atoms with van der Waals surface area (Å²) < 4.78 is 0. The summed E-state index contributed by atoms with van der Waals surface area (Å²) in [6, 6.07) is 10.4. The average Bonchev–Trinajstić information content (AvgIpc) is 3.48. The van der Waals surface area contributed by atoms with Gasteiger partial charge in [-0.3, -0.25) is 4.79 Å². The Hall–Kier alpha value is -2.84. The number of nitrogens with one attached hydrogen (secondary N) is 3. The van der Waals surface area contributed by atoms with E-state index in [1.807, 2.05) is 37.5 Å². The Morgan fingerprint density at radius 3 is 2.97 bits per heavy atom. The largest absolute Gasteiger partial charge is 0.346 e. The number of thioether (sulfide) groups is 1. The molecule has 2 atom stereocenters. The van der Waals surface area contributed by atoms with Crippen LogP contribution in [0.2, 0.25) is 0 Å². The van der Waals surface area contributed by atoms with Gasteiger partial charge in [-0.15, -0.1) is 11.8 Å². The predicted octanol–water partition coefficient (Wildman–Crippen LogP) is 3.27. The van der Waals surface area contributed by atoms with Gasteiger partial charge in [-0.25, -0.2) is 9.97 Å². The number of hydrogen-bond donors (Lipinski definition) is 3. The number of amides is 1. The first-order valence-electron chi connectivity index (χ1n) is 10.7. The van der Waals surface area contributed by atoms with Crippen LogP contribution in [0, 0.1) is 6.92 Å². The Morgan fingerprint density at radius 1 is 1.29 bits per heavy atom. The van der Waals surface area contributed by atoms with Crippen LogP contribution in [0.5, 0.6) is 0 Å². The van der Waals surface area contributed by atoms with E-state index in [4.69, 9.17) is 0 Å². The topological polar surface area (TPSA) is 85.9 Å². The van der Waals surface area contributed by atoms with E-state index in [1.54, 1.807) is 18.1 Å². The number of aromatic nitrogens is 3. The number of carbonyl (C=O) groups is 1. The molecule has 1 amide bonds. The van der Waals surface area contributed by atoms with Gasteiger partial charge < -0.3 is 20.5 Å². The van der Waals surface area contributed by atoms with Gasteiger partial charge in [0.15, 0.2) is 0 Å².